The lowest BCUT2D eigenvalue weighted by molar-refractivity contribution is 0.0463. The first kappa shape index (κ1) is 10.1. The predicted octanol–water partition coefficient (Wildman–Crippen LogP) is 2.28. The van der Waals surface area contributed by atoms with Gasteiger partial charge in [-0.2, -0.15) is 5.48 Å². The van der Waals surface area contributed by atoms with E-state index in [9.17, 15) is 0 Å². The van der Waals surface area contributed by atoms with E-state index >= 15 is 0 Å². The molecule has 0 saturated heterocycles. The molecule has 78 valence electrons. The molecular formula is C12H14N2O. The molecule has 0 aliphatic carbocycles. The van der Waals surface area contributed by atoms with Crippen molar-refractivity contribution in [3.05, 3.63) is 42.2 Å². The number of pyridine rings is 1. The van der Waals surface area contributed by atoms with Gasteiger partial charge in [0.25, 0.3) is 0 Å². The first-order chi connectivity index (χ1) is 7.40. The van der Waals surface area contributed by atoms with Gasteiger partial charge in [0.2, 0.25) is 0 Å². The van der Waals surface area contributed by atoms with Crippen LogP contribution in [0.2, 0.25) is 0 Å². The van der Waals surface area contributed by atoms with Crippen molar-refractivity contribution in [2.75, 3.05) is 6.61 Å². The zero-order chi connectivity index (χ0) is 10.5. The van der Waals surface area contributed by atoms with Crippen molar-refractivity contribution in [1.82, 2.24) is 10.5 Å². The number of hydrogen-bond acceptors (Lipinski definition) is 3. The fraction of sp³-hybridized carbons (Fsp3) is 0.250. The lowest BCUT2D eigenvalue weighted by Gasteiger charge is -2.04. The van der Waals surface area contributed by atoms with Crippen LogP contribution in [0.4, 0.5) is 0 Å². The summed E-state index contributed by atoms with van der Waals surface area (Å²) in [5, 5.41) is 2.37. The second-order valence-corrected chi connectivity index (χ2v) is 3.31. The van der Waals surface area contributed by atoms with Crippen molar-refractivity contribution in [2.24, 2.45) is 0 Å². The summed E-state index contributed by atoms with van der Waals surface area (Å²) in [6.45, 7) is 3.36. The fourth-order valence-corrected chi connectivity index (χ4v) is 1.48. The van der Waals surface area contributed by atoms with Crippen LogP contribution in [0, 0.1) is 0 Å². The highest BCUT2D eigenvalue weighted by Gasteiger charge is 1.95. The molecule has 2 rings (SSSR count). The van der Waals surface area contributed by atoms with Crippen LogP contribution < -0.4 is 5.48 Å². The van der Waals surface area contributed by atoms with Crippen LogP contribution in [0.15, 0.2) is 36.7 Å². The summed E-state index contributed by atoms with van der Waals surface area (Å²) in [7, 11) is 0. The summed E-state index contributed by atoms with van der Waals surface area (Å²) in [5.41, 5.74) is 4.11. The average Bonchev–Trinajstić information content (AvgIpc) is 2.29. The summed E-state index contributed by atoms with van der Waals surface area (Å²) >= 11 is 0. The van der Waals surface area contributed by atoms with Crippen molar-refractivity contribution in [1.29, 1.82) is 0 Å². The summed E-state index contributed by atoms with van der Waals surface area (Å²) in [4.78, 5) is 9.16. The third kappa shape index (κ3) is 2.52. The molecule has 0 radical (unpaired) electrons. The van der Waals surface area contributed by atoms with Crippen LogP contribution >= 0.6 is 0 Å². The number of rotatable bonds is 4. The van der Waals surface area contributed by atoms with Crippen LogP contribution in [0.25, 0.3) is 10.8 Å². The van der Waals surface area contributed by atoms with Crippen LogP contribution in [0.3, 0.4) is 0 Å². The van der Waals surface area contributed by atoms with E-state index in [0.717, 1.165) is 11.9 Å². The Hall–Kier alpha value is -1.45. The van der Waals surface area contributed by atoms with Crippen molar-refractivity contribution in [2.45, 2.75) is 13.5 Å². The Balaban J connectivity index is 2.16. The number of nitrogens with zero attached hydrogens (tertiary/aromatic N) is 1. The molecule has 0 aliphatic rings. The fourth-order valence-electron chi connectivity index (χ4n) is 1.48. The summed E-state index contributed by atoms with van der Waals surface area (Å²) in [6.07, 6.45) is 3.68. The molecule has 0 atom stereocenters. The van der Waals surface area contributed by atoms with Crippen LogP contribution in [0.1, 0.15) is 12.5 Å². The highest BCUT2D eigenvalue weighted by atomic mass is 16.6. The van der Waals surface area contributed by atoms with E-state index in [1.54, 1.807) is 0 Å². The number of benzene rings is 1. The Bertz CT molecular complexity index is 442. The predicted molar refractivity (Wildman–Crippen MR) is 60.2 cm³/mol. The molecule has 15 heavy (non-hydrogen) atoms. The molecule has 0 aliphatic heterocycles. The first-order valence-corrected chi connectivity index (χ1v) is 5.07. The SMILES string of the molecule is CCONCc1ccc2cnccc2c1. The van der Waals surface area contributed by atoms with Crippen molar-refractivity contribution < 1.29 is 4.84 Å². The Kier molecular flexibility index (Phi) is 3.27. The highest BCUT2D eigenvalue weighted by molar-refractivity contribution is 5.81. The Labute approximate surface area is 89.0 Å². The highest BCUT2D eigenvalue weighted by Crippen LogP contribution is 2.14. The van der Waals surface area contributed by atoms with Crippen LogP contribution in [0.5, 0.6) is 0 Å². The van der Waals surface area contributed by atoms with E-state index in [2.05, 4.69) is 28.7 Å². The molecule has 0 unspecified atom stereocenters. The number of aromatic nitrogens is 1. The van der Waals surface area contributed by atoms with E-state index < -0.39 is 0 Å². The second kappa shape index (κ2) is 4.87. The van der Waals surface area contributed by atoms with Gasteiger partial charge < -0.3 is 4.84 Å². The maximum atomic E-state index is 5.09. The minimum Gasteiger partial charge on any atom is -0.302 e. The van der Waals surface area contributed by atoms with Gasteiger partial charge in [0.05, 0.1) is 6.61 Å². The quantitative estimate of drug-likeness (QED) is 0.610. The Morgan fingerprint density at radius 2 is 2.20 bits per heavy atom. The molecule has 3 nitrogen and oxygen atoms in total. The van der Waals surface area contributed by atoms with E-state index in [1.807, 2.05) is 25.4 Å². The first-order valence-electron chi connectivity index (χ1n) is 5.07. The van der Waals surface area contributed by atoms with Crippen molar-refractivity contribution in [3.63, 3.8) is 0 Å². The maximum absolute atomic E-state index is 5.09. The standard InChI is InChI=1S/C12H14N2O/c1-2-15-14-8-10-3-4-12-9-13-6-5-11(12)7-10/h3-7,9,14H,2,8H2,1H3. The zero-order valence-corrected chi connectivity index (χ0v) is 8.73. The van der Waals surface area contributed by atoms with Gasteiger partial charge in [0, 0.05) is 24.3 Å². The summed E-state index contributed by atoms with van der Waals surface area (Å²) < 4.78 is 0. The number of hydroxylamine groups is 1. The normalized spacial score (nSPS) is 10.7. The van der Waals surface area contributed by atoms with E-state index in [0.29, 0.717) is 6.61 Å². The molecule has 0 fully saturated rings. The Morgan fingerprint density at radius 3 is 3.07 bits per heavy atom. The van der Waals surface area contributed by atoms with Gasteiger partial charge in [0.1, 0.15) is 0 Å². The number of hydrogen-bond donors (Lipinski definition) is 1. The van der Waals surface area contributed by atoms with Gasteiger partial charge in [-0.05, 0) is 30.0 Å². The van der Waals surface area contributed by atoms with Gasteiger partial charge in [0.15, 0.2) is 0 Å². The molecule has 3 heteroatoms. The maximum Gasteiger partial charge on any atom is 0.0654 e. The molecule has 0 saturated carbocycles. The summed E-state index contributed by atoms with van der Waals surface area (Å²) in [5.74, 6) is 0. The third-order valence-corrected chi connectivity index (χ3v) is 2.23. The molecule has 0 bridgehead atoms. The summed E-state index contributed by atoms with van der Waals surface area (Å²) in [6, 6.07) is 8.31. The van der Waals surface area contributed by atoms with E-state index in [4.69, 9.17) is 4.84 Å². The monoisotopic (exact) mass is 202 g/mol. The van der Waals surface area contributed by atoms with Crippen LogP contribution in [-0.2, 0) is 11.4 Å². The minimum atomic E-state index is 0.678. The Morgan fingerprint density at radius 1 is 1.27 bits per heavy atom. The lowest BCUT2D eigenvalue weighted by Crippen LogP contribution is -2.13. The van der Waals surface area contributed by atoms with Crippen LogP contribution in [-0.4, -0.2) is 11.6 Å². The van der Waals surface area contributed by atoms with Crippen molar-refractivity contribution in [3.8, 4) is 0 Å². The van der Waals surface area contributed by atoms with Crippen molar-refractivity contribution >= 4 is 10.8 Å². The molecular weight excluding hydrogens is 188 g/mol. The van der Waals surface area contributed by atoms with E-state index in [-0.39, 0.29) is 0 Å². The second-order valence-electron chi connectivity index (χ2n) is 3.31. The third-order valence-electron chi connectivity index (χ3n) is 2.23. The smallest absolute Gasteiger partial charge is 0.0654 e. The van der Waals surface area contributed by atoms with Gasteiger partial charge in [-0.1, -0.05) is 12.1 Å². The number of nitrogens with one attached hydrogen (secondary N) is 1. The minimum absolute atomic E-state index is 0.678. The average molecular weight is 202 g/mol. The number of fused-ring (bicyclic) bond motifs is 1. The molecule has 0 spiro atoms. The molecule has 1 N–H and O–H groups in total. The molecule has 2 aromatic rings. The van der Waals surface area contributed by atoms with E-state index in [1.165, 1.54) is 10.9 Å². The topological polar surface area (TPSA) is 34.1 Å². The van der Waals surface area contributed by atoms with Gasteiger partial charge in [-0.15, -0.1) is 0 Å². The lowest BCUT2D eigenvalue weighted by atomic mass is 10.1. The van der Waals surface area contributed by atoms with Gasteiger partial charge in [-0.3, -0.25) is 4.98 Å². The molecule has 0 amide bonds. The molecule has 1 aromatic carbocycles. The van der Waals surface area contributed by atoms with Gasteiger partial charge in [-0.25, -0.2) is 0 Å². The zero-order valence-electron chi connectivity index (χ0n) is 8.73. The largest absolute Gasteiger partial charge is 0.302 e. The van der Waals surface area contributed by atoms with Gasteiger partial charge >= 0.3 is 0 Å². The molecule has 1 heterocycles. The molecule has 1 aromatic heterocycles.